The maximum absolute atomic E-state index is 12.5. The second-order valence-electron chi connectivity index (χ2n) is 9.06. The molecule has 6 rings (SSSR count). The van der Waals surface area contributed by atoms with Gasteiger partial charge in [-0.15, -0.1) is 0 Å². The van der Waals surface area contributed by atoms with Crippen LogP contribution in [0.4, 0.5) is 17.7 Å². The number of aliphatic hydroxyl groups excluding tert-OH is 1. The number of aromatic nitrogens is 4. The molecule has 3 atom stereocenters. The molecular weight excluding hydrogens is 454 g/mol. The molecule has 4 aliphatic rings. The zero-order chi connectivity index (χ0) is 21.9. The molecule has 3 aliphatic heterocycles. The van der Waals surface area contributed by atoms with Crippen LogP contribution in [-0.4, -0.2) is 73.5 Å². The number of rotatable bonds is 5. The van der Waals surface area contributed by atoms with Crippen molar-refractivity contribution in [1.82, 2.24) is 19.9 Å². The number of hydrogen-bond donors (Lipinski definition) is 2. The van der Waals surface area contributed by atoms with Crippen molar-refractivity contribution in [1.29, 1.82) is 0 Å². The molecule has 2 aromatic rings. The van der Waals surface area contributed by atoms with Gasteiger partial charge in [-0.25, -0.2) is 9.97 Å². The second kappa shape index (κ2) is 7.67. The monoisotopic (exact) mass is 477 g/mol. The van der Waals surface area contributed by atoms with Crippen LogP contribution in [0.15, 0.2) is 17.3 Å². The summed E-state index contributed by atoms with van der Waals surface area (Å²) < 4.78 is 18.1. The Hall–Kier alpha value is -2.24. The lowest BCUT2D eigenvalue weighted by atomic mass is 9.77. The molecule has 32 heavy (non-hydrogen) atoms. The van der Waals surface area contributed by atoms with Crippen LogP contribution in [-0.2, 0) is 10.8 Å². The summed E-state index contributed by atoms with van der Waals surface area (Å²) in [6, 6.07) is 0. The minimum Gasteiger partial charge on any atom is -0.463 e. The summed E-state index contributed by atoms with van der Waals surface area (Å²) in [5, 5.41) is 13.8. The molecule has 3 fully saturated rings. The SMILES string of the molecule is O=[S@@]1COc2nc(N3CC4CN(c5ncc(Cl)cn5)CC4C3)nc(NC3(CO)CCC3)c21. The number of aliphatic hydroxyl groups is 1. The first-order valence-electron chi connectivity index (χ1n) is 10.8. The number of nitrogens with one attached hydrogen (secondary N) is 1. The highest BCUT2D eigenvalue weighted by Gasteiger charge is 2.43. The largest absolute Gasteiger partial charge is 0.463 e. The van der Waals surface area contributed by atoms with E-state index < -0.39 is 16.3 Å². The summed E-state index contributed by atoms with van der Waals surface area (Å²) in [6.45, 7) is 3.40. The van der Waals surface area contributed by atoms with Crippen LogP contribution in [0.1, 0.15) is 19.3 Å². The third kappa shape index (κ3) is 3.37. The van der Waals surface area contributed by atoms with E-state index in [1.54, 1.807) is 12.4 Å². The van der Waals surface area contributed by atoms with E-state index in [4.69, 9.17) is 21.3 Å². The number of fused-ring (bicyclic) bond motifs is 2. The van der Waals surface area contributed by atoms with Gasteiger partial charge in [0.15, 0.2) is 11.8 Å². The van der Waals surface area contributed by atoms with Crippen molar-refractivity contribution in [3.8, 4) is 5.88 Å². The van der Waals surface area contributed by atoms with E-state index in [-0.39, 0.29) is 12.5 Å². The van der Waals surface area contributed by atoms with Gasteiger partial charge < -0.3 is 25.0 Å². The van der Waals surface area contributed by atoms with Crippen molar-refractivity contribution in [2.45, 2.75) is 29.7 Å². The lowest BCUT2D eigenvalue weighted by Gasteiger charge is -2.41. The molecule has 0 bridgehead atoms. The quantitative estimate of drug-likeness (QED) is 0.652. The highest BCUT2D eigenvalue weighted by Crippen LogP contribution is 2.41. The van der Waals surface area contributed by atoms with Crippen LogP contribution in [0.3, 0.4) is 0 Å². The minimum atomic E-state index is -1.31. The zero-order valence-electron chi connectivity index (χ0n) is 17.4. The van der Waals surface area contributed by atoms with Gasteiger partial charge in [-0.05, 0) is 19.3 Å². The van der Waals surface area contributed by atoms with E-state index in [2.05, 4.69) is 30.1 Å². The smallest absolute Gasteiger partial charge is 0.238 e. The molecule has 2 aromatic heterocycles. The normalized spacial score (nSPS) is 27.6. The molecule has 5 heterocycles. The number of anilines is 3. The van der Waals surface area contributed by atoms with E-state index >= 15 is 0 Å². The first kappa shape index (κ1) is 20.4. The molecule has 0 radical (unpaired) electrons. The Morgan fingerprint density at radius 1 is 1.12 bits per heavy atom. The number of halogens is 1. The van der Waals surface area contributed by atoms with Gasteiger partial charge in [0, 0.05) is 38.0 Å². The van der Waals surface area contributed by atoms with Gasteiger partial charge in [0.2, 0.25) is 17.8 Å². The average molecular weight is 478 g/mol. The predicted molar refractivity (Wildman–Crippen MR) is 120 cm³/mol. The van der Waals surface area contributed by atoms with Gasteiger partial charge in [-0.1, -0.05) is 11.6 Å². The maximum atomic E-state index is 12.5. The molecule has 2 N–H and O–H groups in total. The van der Waals surface area contributed by atoms with E-state index in [0.29, 0.717) is 45.3 Å². The molecule has 0 amide bonds. The summed E-state index contributed by atoms with van der Waals surface area (Å²) in [7, 11) is -1.31. The topological polar surface area (TPSA) is 117 Å². The minimum absolute atomic E-state index is 0.0189. The maximum Gasteiger partial charge on any atom is 0.238 e. The highest BCUT2D eigenvalue weighted by atomic mass is 35.5. The molecule has 10 nitrogen and oxygen atoms in total. The lowest BCUT2D eigenvalue weighted by molar-refractivity contribution is 0.143. The van der Waals surface area contributed by atoms with Crippen LogP contribution in [0.5, 0.6) is 5.88 Å². The molecular formula is C20H24ClN7O3S. The molecule has 0 spiro atoms. The number of ether oxygens (including phenoxy) is 1. The molecule has 1 aliphatic carbocycles. The first-order chi connectivity index (χ1) is 15.5. The fourth-order valence-electron chi connectivity index (χ4n) is 5.08. The summed E-state index contributed by atoms with van der Waals surface area (Å²) in [5.41, 5.74) is -0.396. The van der Waals surface area contributed by atoms with Crippen LogP contribution < -0.4 is 19.9 Å². The predicted octanol–water partition coefficient (Wildman–Crippen LogP) is 1.28. The van der Waals surface area contributed by atoms with Gasteiger partial charge in [0.1, 0.15) is 15.7 Å². The van der Waals surface area contributed by atoms with Crippen molar-refractivity contribution in [2.75, 3.05) is 53.8 Å². The standard InChI is InChI=1S/C20H24ClN7O3S/c21-14-4-22-18(23-5-14)27-6-12-8-28(9-13(12)7-27)19-24-16(26-20(10-29)2-1-3-20)15-17(25-19)31-11-32(15)30/h4-5,12-13,29H,1-3,6-11H2,(H,24,25,26)/t12?,13?,32-/m1/s1. The Morgan fingerprint density at radius 3 is 2.38 bits per heavy atom. The summed E-state index contributed by atoms with van der Waals surface area (Å²) >= 11 is 5.91. The number of nitrogens with zero attached hydrogens (tertiary/aromatic N) is 6. The summed E-state index contributed by atoms with van der Waals surface area (Å²) in [4.78, 5) is 23.0. The van der Waals surface area contributed by atoms with Crippen molar-refractivity contribution in [2.24, 2.45) is 11.8 Å². The Kier molecular flexibility index (Phi) is 4.88. The van der Waals surface area contributed by atoms with Gasteiger partial charge in [-0.2, -0.15) is 9.97 Å². The zero-order valence-corrected chi connectivity index (χ0v) is 19.0. The van der Waals surface area contributed by atoms with Crippen molar-refractivity contribution in [3.05, 3.63) is 17.4 Å². The Bertz CT molecular complexity index is 1050. The Morgan fingerprint density at radius 2 is 1.78 bits per heavy atom. The van der Waals surface area contributed by atoms with Crippen LogP contribution in [0.25, 0.3) is 0 Å². The van der Waals surface area contributed by atoms with Crippen molar-refractivity contribution < 1.29 is 14.1 Å². The highest BCUT2D eigenvalue weighted by molar-refractivity contribution is 7.85. The second-order valence-corrected chi connectivity index (χ2v) is 10.8. The molecule has 170 valence electrons. The Balaban J connectivity index is 1.22. The molecule has 0 aromatic carbocycles. The van der Waals surface area contributed by atoms with E-state index in [1.807, 2.05) is 0 Å². The van der Waals surface area contributed by atoms with Crippen LogP contribution in [0, 0.1) is 11.8 Å². The fraction of sp³-hybridized carbons (Fsp3) is 0.600. The molecule has 2 saturated heterocycles. The Labute approximate surface area is 192 Å². The molecule has 1 saturated carbocycles. The van der Waals surface area contributed by atoms with Gasteiger partial charge >= 0.3 is 0 Å². The average Bonchev–Trinajstić information content (AvgIpc) is 3.44. The lowest BCUT2D eigenvalue weighted by Crippen LogP contribution is -2.48. The molecule has 2 unspecified atom stereocenters. The summed E-state index contributed by atoms with van der Waals surface area (Å²) in [6.07, 6.45) is 6.03. The van der Waals surface area contributed by atoms with Crippen LogP contribution in [0.2, 0.25) is 5.02 Å². The molecule has 12 heteroatoms. The van der Waals surface area contributed by atoms with E-state index in [1.165, 1.54) is 0 Å². The third-order valence-corrected chi connectivity index (χ3v) is 8.36. The van der Waals surface area contributed by atoms with Gasteiger partial charge in [-0.3, -0.25) is 4.21 Å². The van der Waals surface area contributed by atoms with Gasteiger partial charge in [0.25, 0.3) is 0 Å². The summed E-state index contributed by atoms with van der Waals surface area (Å²) in [5.74, 6) is 3.21. The van der Waals surface area contributed by atoms with E-state index in [9.17, 15) is 9.32 Å². The van der Waals surface area contributed by atoms with Crippen molar-refractivity contribution >= 4 is 40.1 Å². The van der Waals surface area contributed by atoms with Gasteiger partial charge in [0.05, 0.1) is 29.6 Å². The van der Waals surface area contributed by atoms with Crippen molar-refractivity contribution in [3.63, 3.8) is 0 Å². The van der Waals surface area contributed by atoms with Crippen LogP contribution >= 0.6 is 11.6 Å². The first-order valence-corrected chi connectivity index (χ1v) is 12.5. The number of hydrogen-bond acceptors (Lipinski definition) is 10. The van der Waals surface area contributed by atoms with E-state index in [0.717, 1.165) is 45.4 Å². The fourth-order valence-corrected chi connectivity index (χ4v) is 6.13. The third-order valence-electron chi connectivity index (χ3n) is 7.01.